The van der Waals surface area contributed by atoms with Crippen molar-refractivity contribution in [3.63, 3.8) is 0 Å². The lowest BCUT2D eigenvalue weighted by Crippen LogP contribution is -2.34. The minimum absolute atomic E-state index is 0.0443. The van der Waals surface area contributed by atoms with Gasteiger partial charge in [-0.3, -0.25) is 4.79 Å². The molecule has 1 heterocycles. The van der Waals surface area contributed by atoms with E-state index in [-0.39, 0.29) is 12.1 Å². The molecule has 0 aromatic heterocycles. The lowest BCUT2D eigenvalue weighted by atomic mass is 9.85. The number of halogens is 1. The Balaban J connectivity index is 1.96. The predicted octanol–water partition coefficient (Wildman–Crippen LogP) is 3.73. The molecule has 0 spiro atoms. The normalized spacial score (nSPS) is 19.6. The van der Waals surface area contributed by atoms with Crippen LogP contribution in [-0.4, -0.2) is 25.3 Å². The summed E-state index contributed by atoms with van der Waals surface area (Å²) in [4.78, 5) is 12.3. The van der Waals surface area contributed by atoms with Crippen molar-refractivity contribution in [2.45, 2.75) is 44.6 Å². The van der Waals surface area contributed by atoms with E-state index in [1.807, 2.05) is 26.0 Å². The van der Waals surface area contributed by atoms with Gasteiger partial charge in [0, 0.05) is 11.6 Å². The molecule has 1 aliphatic rings. The highest BCUT2D eigenvalue weighted by Gasteiger charge is 2.32. The number of hydrogen-bond donors (Lipinski definition) is 0. The van der Waals surface area contributed by atoms with Gasteiger partial charge in [0.15, 0.2) is 0 Å². The van der Waals surface area contributed by atoms with Gasteiger partial charge in [-0.05, 0) is 50.8 Å². The molecule has 1 aromatic carbocycles. The summed E-state index contributed by atoms with van der Waals surface area (Å²) < 4.78 is 11.0. The van der Waals surface area contributed by atoms with Gasteiger partial charge in [0.25, 0.3) is 0 Å². The summed E-state index contributed by atoms with van der Waals surface area (Å²) in [6.07, 6.45) is 3.24. The SMILES string of the molecule is CC(C)(C(=O)OCC1CCCCO1)c1cccc(Cl)c1. The number of rotatable bonds is 4. The van der Waals surface area contributed by atoms with Crippen LogP contribution in [0.15, 0.2) is 24.3 Å². The fourth-order valence-electron chi connectivity index (χ4n) is 2.28. The maximum absolute atomic E-state index is 12.3. The predicted molar refractivity (Wildman–Crippen MR) is 79.0 cm³/mol. The highest BCUT2D eigenvalue weighted by Crippen LogP contribution is 2.27. The van der Waals surface area contributed by atoms with E-state index in [9.17, 15) is 4.79 Å². The van der Waals surface area contributed by atoms with E-state index in [4.69, 9.17) is 21.1 Å². The molecule has 3 nitrogen and oxygen atoms in total. The fourth-order valence-corrected chi connectivity index (χ4v) is 2.47. The zero-order valence-electron chi connectivity index (χ0n) is 12.0. The first kappa shape index (κ1) is 15.3. The summed E-state index contributed by atoms with van der Waals surface area (Å²) in [5.74, 6) is -0.242. The topological polar surface area (TPSA) is 35.5 Å². The Morgan fingerprint density at radius 2 is 2.25 bits per heavy atom. The third-order valence-electron chi connectivity index (χ3n) is 3.73. The van der Waals surface area contributed by atoms with Crippen molar-refractivity contribution in [2.24, 2.45) is 0 Å². The van der Waals surface area contributed by atoms with Crippen LogP contribution in [0.4, 0.5) is 0 Å². The van der Waals surface area contributed by atoms with Gasteiger partial charge in [0.2, 0.25) is 0 Å². The van der Waals surface area contributed by atoms with Crippen LogP contribution in [0.5, 0.6) is 0 Å². The average molecular weight is 297 g/mol. The van der Waals surface area contributed by atoms with E-state index in [2.05, 4.69) is 0 Å². The Morgan fingerprint density at radius 3 is 2.90 bits per heavy atom. The van der Waals surface area contributed by atoms with Gasteiger partial charge in [-0.15, -0.1) is 0 Å². The molecule has 1 aromatic rings. The molecule has 0 amide bonds. The quantitative estimate of drug-likeness (QED) is 0.794. The fraction of sp³-hybridized carbons (Fsp3) is 0.562. The molecular formula is C16H21ClO3. The highest BCUT2D eigenvalue weighted by molar-refractivity contribution is 6.30. The Kier molecular flexibility index (Phi) is 5.06. The standard InChI is InChI=1S/C16H21ClO3/c1-16(2,12-6-5-7-13(17)10-12)15(18)20-11-14-8-3-4-9-19-14/h5-7,10,14H,3-4,8-9,11H2,1-2H3. The lowest BCUT2D eigenvalue weighted by Gasteiger charge is -2.26. The second-order valence-electron chi connectivity index (χ2n) is 5.72. The second kappa shape index (κ2) is 6.59. The van der Waals surface area contributed by atoms with Crippen LogP contribution in [0.2, 0.25) is 5.02 Å². The first-order chi connectivity index (χ1) is 9.50. The van der Waals surface area contributed by atoms with Crippen LogP contribution in [0, 0.1) is 0 Å². The summed E-state index contributed by atoms with van der Waals surface area (Å²) in [5, 5.41) is 0.624. The van der Waals surface area contributed by atoms with E-state index in [1.54, 1.807) is 12.1 Å². The minimum Gasteiger partial charge on any atom is -0.462 e. The van der Waals surface area contributed by atoms with Crippen LogP contribution in [0.3, 0.4) is 0 Å². The van der Waals surface area contributed by atoms with E-state index in [0.29, 0.717) is 11.6 Å². The Bertz CT molecular complexity index is 465. The summed E-state index contributed by atoms with van der Waals surface area (Å²) in [7, 11) is 0. The van der Waals surface area contributed by atoms with Gasteiger partial charge < -0.3 is 9.47 Å². The van der Waals surface area contributed by atoms with Crippen molar-refractivity contribution in [1.29, 1.82) is 0 Å². The Morgan fingerprint density at radius 1 is 1.45 bits per heavy atom. The lowest BCUT2D eigenvalue weighted by molar-refractivity contribution is -0.154. The van der Waals surface area contributed by atoms with Gasteiger partial charge in [-0.2, -0.15) is 0 Å². The second-order valence-corrected chi connectivity index (χ2v) is 6.16. The maximum atomic E-state index is 12.3. The molecule has 2 rings (SSSR count). The van der Waals surface area contributed by atoms with Crippen molar-refractivity contribution >= 4 is 17.6 Å². The van der Waals surface area contributed by atoms with Crippen LogP contribution in [0.1, 0.15) is 38.7 Å². The van der Waals surface area contributed by atoms with Crippen LogP contribution in [-0.2, 0) is 19.7 Å². The maximum Gasteiger partial charge on any atom is 0.316 e. The molecule has 0 N–H and O–H groups in total. The smallest absolute Gasteiger partial charge is 0.316 e. The number of carbonyl (C=O) groups is 1. The monoisotopic (exact) mass is 296 g/mol. The molecule has 0 radical (unpaired) electrons. The van der Waals surface area contributed by atoms with Gasteiger partial charge in [0.1, 0.15) is 6.61 Å². The van der Waals surface area contributed by atoms with Gasteiger partial charge in [-0.25, -0.2) is 0 Å². The largest absolute Gasteiger partial charge is 0.462 e. The number of benzene rings is 1. The summed E-state index contributed by atoms with van der Waals surface area (Å²) in [5.41, 5.74) is 0.152. The third-order valence-corrected chi connectivity index (χ3v) is 3.97. The molecule has 1 saturated heterocycles. The number of carbonyl (C=O) groups excluding carboxylic acids is 1. The Hall–Kier alpha value is -1.06. The number of ether oxygens (including phenoxy) is 2. The molecule has 20 heavy (non-hydrogen) atoms. The molecule has 1 aliphatic heterocycles. The highest BCUT2D eigenvalue weighted by atomic mass is 35.5. The van der Waals surface area contributed by atoms with E-state index >= 15 is 0 Å². The summed E-state index contributed by atoms with van der Waals surface area (Å²) in [6.45, 7) is 4.80. The number of hydrogen-bond acceptors (Lipinski definition) is 3. The average Bonchev–Trinajstić information content (AvgIpc) is 2.45. The zero-order chi connectivity index (χ0) is 14.6. The van der Waals surface area contributed by atoms with Gasteiger partial charge in [-0.1, -0.05) is 23.7 Å². The van der Waals surface area contributed by atoms with Crippen molar-refractivity contribution in [2.75, 3.05) is 13.2 Å². The van der Waals surface area contributed by atoms with E-state index < -0.39 is 5.41 Å². The molecular weight excluding hydrogens is 276 g/mol. The molecule has 4 heteroatoms. The van der Waals surface area contributed by atoms with Crippen molar-refractivity contribution in [3.05, 3.63) is 34.9 Å². The molecule has 0 aliphatic carbocycles. The number of esters is 1. The first-order valence-electron chi connectivity index (χ1n) is 7.05. The van der Waals surface area contributed by atoms with E-state index in [0.717, 1.165) is 31.4 Å². The summed E-state index contributed by atoms with van der Waals surface area (Å²) >= 11 is 5.98. The molecule has 1 atom stereocenters. The molecule has 0 bridgehead atoms. The van der Waals surface area contributed by atoms with Crippen LogP contribution < -0.4 is 0 Å². The van der Waals surface area contributed by atoms with Crippen LogP contribution in [0.25, 0.3) is 0 Å². The van der Waals surface area contributed by atoms with Crippen molar-refractivity contribution < 1.29 is 14.3 Å². The third kappa shape index (κ3) is 3.74. The zero-order valence-corrected chi connectivity index (χ0v) is 12.8. The van der Waals surface area contributed by atoms with Gasteiger partial charge >= 0.3 is 5.97 Å². The van der Waals surface area contributed by atoms with Crippen LogP contribution >= 0.6 is 11.6 Å². The molecule has 0 saturated carbocycles. The van der Waals surface area contributed by atoms with Crippen molar-refractivity contribution in [1.82, 2.24) is 0 Å². The minimum atomic E-state index is -0.709. The van der Waals surface area contributed by atoms with E-state index in [1.165, 1.54) is 0 Å². The van der Waals surface area contributed by atoms with Gasteiger partial charge in [0.05, 0.1) is 11.5 Å². The molecule has 110 valence electrons. The van der Waals surface area contributed by atoms with Crippen molar-refractivity contribution in [3.8, 4) is 0 Å². The Labute approximate surface area is 125 Å². The molecule has 1 unspecified atom stereocenters. The first-order valence-corrected chi connectivity index (χ1v) is 7.43. The summed E-state index contributed by atoms with van der Waals surface area (Å²) in [6, 6.07) is 7.34. The molecule has 1 fully saturated rings.